The number of imidazole rings is 2. The van der Waals surface area contributed by atoms with Gasteiger partial charge >= 0.3 is 0 Å². The molecule has 0 saturated heterocycles. The molecule has 2 heterocycles. The standard InChI is InChI=1S/C19H19FN6O2/c1-27-4-5-28-15-8-11(20)7-14-18(15)26-17(25-14)9-16-23-12-3-2-10(19(21)22)6-13(12)24-16/h2-3,6-8H,4-5,9H2,1H3,(H3,21,22)(H,23,24)(H,25,26). The first-order chi connectivity index (χ1) is 13.5. The monoisotopic (exact) mass is 382 g/mol. The third kappa shape index (κ3) is 3.52. The molecule has 0 fully saturated rings. The summed E-state index contributed by atoms with van der Waals surface area (Å²) < 4.78 is 24.4. The Kier molecular flexibility index (Phi) is 4.66. The molecule has 0 spiro atoms. The van der Waals surface area contributed by atoms with Gasteiger partial charge in [0, 0.05) is 18.7 Å². The third-order valence-corrected chi connectivity index (χ3v) is 4.29. The Bertz CT molecular complexity index is 1170. The van der Waals surface area contributed by atoms with Gasteiger partial charge in [-0.1, -0.05) is 0 Å². The molecule has 5 N–H and O–H groups in total. The van der Waals surface area contributed by atoms with E-state index in [1.54, 1.807) is 19.2 Å². The minimum absolute atomic E-state index is 0.00763. The van der Waals surface area contributed by atoms with Crippen molar-refractivity contribution in [2.45, 2.75) is 6.42 Å². The van der Waals surface area contributed by atoms with Crippen molar-refractivity contribution in [3.63, 3.8) is 0 Å². The number of rotatable bonds is 7. The predicted octanol–water partition coefficient (Wildman–Crippen LogP) is 2.48. The number of nitrogens with two attached hydrogens (primary N) is 1. The molecule has 0 saturated carbocycles. The fraction of sp³-hybridized carbons (Fsp3) is 0.211. The van der Waals surface area contributed by atoms with E-state index in [1.165, 1.54) is 12.1 Å². The quantitative estimate of drug-likeness (QED) is 0.222. The van der Waals surface area contributed by atoms with Gasteiger partial charge in [-0.3, -0.25) is 5.41 Å². The zero-order valence-corrected chi connectivity index (χ0v) is 15.2. The lowest BCUT2D eigenvalue weighted by Gasteiger charge is -2.05. The van der Waals surface area contributed by atoms with Crippen LogP contribution in [0.4, 0.5) is 4.39 Å². The summed E-state index contributed by atoms with van der Waals surface area (Å²) in [6.45, 7) is 0.704. The Balaban J connectivity index is 1.63. The highest BCUT2D eigenvalue weighted by atomic mass is 19.1. The lowest BCUT2D eigenvalue weighted by molar-refractivity contribution is 0.147. The minimum Gasteiger partial charge on any atom is -0.489 e. The SMILES string of the molecule is COCCOc1cc(F)cc2[nH]c(Cc3nc4cc(C(=N)N)ccc4[nH]3)nc12. The van der Waals surface area contributed by atoms with Crippen LogP contribution in [0.2, 0.25) is 0 Å². The maximum absolute atomic E-state index is 13.9. The molecule has 0 aliphatic carbocycles. The Morgan fingerprint density at radius 3 is 2.68 bits per heavy atom. The molecular weight excluding hydrogens is 363 g/mol. The number of hydrogen-bond acceptors (Lipinski definition) is 5. The maximum Gasteiger partial charge on any atom is 0.150 e. The number of nitrogens with one attached hydrogen (secondary N) is 3. The molecule has 4 rings (SSSR count). The van der Waals surface area contributed by atoms with Gasteiger partial charge in [0.2, 0.25) is 0 Å². The van der Waals surface area contributed by atoms with E-state index in [-0.39, 0.29) is 5.84 Å². The normalized spacial score (nSPS) is 11.4. The Labute approximate surface area is 159 Å². The molecule has 0 aliphatic rings. The fourth-order valence-corrected chi connectivity index (χ4v) is 3.00. The van der Waals surface area contributed by atoms with Crippen LogP contribution < -0.4 is 10.5 Å². The molecule has 144 valence electrons. The van der Waals surface area contributed by atoms with E-state index in [0.717, 1.165) is 5.52 Å². The molecule has 2 aromatic heterocycles. The van der Waals surface area contributed by atoms with Crippen LogP contribution in [0.15, 0.2) is 30.3 Å². The zero-order chi connectivity index (χ0) is 19.7. The Morgan fingerprint density at radius 2 is 1.89 bits per heavy atom. The summed E-state index contributed by atoms with van der Waals surface area (Å²) in [6.07, 6.45) is 0.401. The van der Waals surface area contributed by atoms with Gasteiger partial charge in [0.05, 0.1) is 29.6 Å². The van der Waals surface area contributed by atoms with Gasteiger partial charge in [-0.25, -0.2) is 14.4 Å². The van der Waals surface area contributed by atoms with E-state index < -0.39 is 5.82 Å². The van der Waals surface area contributed by atoms with Crippen molar-refractivity contribution in [2.24, 2.45) is 5.73 Å². The van der Waals surface area contributed by atoms with Crippen molar-refractivity contribution >= 4 is 27.9 Å². The topological polar surface area (TPSA) is 126 Å². The minimum atomic E-state index is -0.407. The smallest absolute Gasteiger partial charge is 0.150 e. The van der Waals surface area contributed by atoms with Gasteiger partial charge < -0.3 is 25.2 Å². The maximum atomic E-state index is 13.9. The first kappa shape index (κ1) is 17.9. The number of amidine groups is 1. The number of methoxy groups -OCH3 is 1. The van der Waals surface area contributed by atoms with Gasteiger partial charge in [0.25, 0.3) is 0 Å². The summed E-state index contributed by atoms with van der Waals surface area (Å²) in [6, 6.07) is 8.05. The van der Waals surface area contributed by atoms with Crippen molar-refractivity contribution in [2.75, 3.05) is 20.3 Å². The van der Waals surface area contributed by atoms with E-state index in [0.29, 0.717) is 59.1 Å². The summed E-state index contributed by atoms with van der Waals surface area (Å²) in [4.78, 5) is 15.4. The summed E-state index contributed by atoms with van der Waals surface area (Å²) in [7, 11) is 1.57. The van der Waals surface area contributed by atoms with Gasteiger partial charge in [0.15, 0.2) is 0 Å². The Hall–Kier alpha value is -3.46. The second-order valence-electron chi connectivity index (χ2n) is 6.33. The van der Waals surface area contributed by atoms with E-state index >= 15 is 0 Å². The molecule has 8 nitrogen and oxygen atoms in total. The van der Waals surface area contributed by atoms with E-state index in [9.17, 15) is 4.39 Å². The van der Waals surface area contributed by atoms with Crippen LogP contribution in [0, 0.1) is 11.2 Å². The molecule has 0 unspecified atom stereocenters. The highest BCUT2D eigenvalue weighted by Gasteiger charge is 2.13. The molecule has 0 aliphatic heterocycles. The molecule has 0 bridgehead atoms. The second-order valence-corrected chi connectivity index (χ2v) is 6.33. The van der Waals surface area contributed by atoms with Crippen LogP contribution in [-0.4, -0.2) is 46.1 Å². The molecule has 28 heavy (non-hydrogen) atoms. The molecular formula is C19H19FN6O2. The van der Waals surface area contributed by atoms with Gasteiger partial charge in [-0.15, -0.1) is 0 Å². The number of halogens is 1. The number of fused-ring (bicyclic) bond motifs is 2. The van der Waals surface area contributed by atoms with Gasteiger partial charge in [-0.05, 0) is 24.3 Å². The van der Waals surface area contributed by atoms with Crippen molar-refractivity contribution in [3.05, 3.63) is 53.4 Å². The number of benzene rings is 2. The molecule has 2 aromatic carbocycles. The average molecular weight is 382 g/mol. The van der Waals surface area contributed by atoms with Crippen molar-refractivity contribution in [1.29, 1.82) is 5.41 Å². The first-order valence-corrected chi connectivity index (χ1v) is 8.66. The van der Waals surface area contributed by atoms with E-state index in [2.05, 4.69) is 19.9 Å². The number of H-pyrrole nitrogens is 2. The summed E-state index contributed by atoms with van der Waals surface area (Å²) in [5.74, 6) is 1.27. The number of hydrogen-bond donors (Lipinski definition) is 4. The third-order valence-electron chi connectivity index (χ3n) is 4.29. The van der Waals surface area contributed by atoms with Crippen molar-refractivity contribution < 1.29 is 13.9 Å². The van der Waals surface area contributed by atoms with Crippen LogP contribution in [0.3, 0.4) is 0 Å². The highest BCUT2D eigenvalue weighted by Crippen LogP contribution is 2.26. The van der Waals surface area contributed by atoms with Crippen LogP contribution in [0.5, 0.6) is 5.75 Å². The molecule has 0 radical (unpaired) electrons. The molecule has 4 aromatic rings. The highest BCUT2D eigenvalue weighted by molar-refractivity contribution is 5.97. The summed E-state index contributed by atoms with van der Waals surface area (Å²) in [5, 5.41) is 7.53. The number of aromatic nitrogens is 4. The van der Waals surface area contributed by atoms with Crippen LogP contribution in [0.1, 0.15) is 17.2 Å². The molecule has 0 amide bonds. The van der Waals surface area contributed by atoms with Crippen LogP contribution in [0.25, 0.3) is 22.1 Å². The fourth-order valence-electron chi connectivity index (χ4n) is 3.00. The van der Waals surface area contributed by atoms with Crippen LogP contribution >= 0.6 is 0 Å². The largest absolute Gasteiger partial charge is 0.489 e. The number of aromatic amines is 2. The predicted molar refractivity (Wildman–Crippen MR) is 103 cm³/mol. The number of ether oxygens (including phenoxy) is 2. The Morgan fingerprint density at radius 1 is 1.11 bits per heavy atom. The van der Waals surface area contributed by atoms with E-state index in [1.807, 2.05) is 6.07 Å². The molecule has 0 atom stereocenters. The van der Waals surface area contributed by atoms with Crippen molar-refractivity contribution in [3.8, 4) is 5.75 Å². The van der Waals surface area contributed by atoms with Gasteiger partial charge in [0.1, 0.15) is 41.2 Å². The zero-order valence-electron chi connectivity index (χ0n) is 15.2. The lowest BCUT2D eigenvalue weighted by atomic mass is 10.2. The second kappa shape index (κ2) is 7.28. The summed E-state index contributed by atoms with van der Waals surface area (Å²) in [5.41, 5.74) is 8.81. The average Bonchev–Trinajstić information content (AvgIpc) is 3.24. The summed E-state index contributed by atoms with van der Waals surface area (Å²) >= 11 is 0. The lowest BCUT2D eigenvalue weighted by Crippen LogP contribution is -2.10. The number of nitrogen functional groups attached to an aromatic ring is 1. The first-order valence-electron chi connectivity index (χ1n) is 8.66. The van der Waals surface area contributed by atoms with Gasteiger partial charge in [-0.2, -0.15) is 0 Å². The number of nitrogens with zero attached hydrogens (tertiary/aromatic N) is 2. The van der Waals surface area contributed by atoms with Crippen LogP contribution in [-0.2, 0) is 11.2 Å². The van der Waals surface area contributed by atoms with E-state index in [4.69, 9.17) is 20.6 Å². The van der Waals surface area contributed by atoms with Crippen molar-refractivity contribution in [1.82, 2.24) is 19.9 Å². The molecule has 9 heteroatoms.